The van der Waals surface area contributed by atoms with Crippen molar-refractivity contribution in [2.24, 2.45) is 0 Å². The van der Waals surface area contributed by atoms with Crippen molar-refractivity contribution in [3.05, 3.63) is 105 Å². The number of pyridine rings is 1. The number of nitrogens with one attached hydrogen (secondary N) is 1. The molecule has 0 unspecified atom stereocenters. The second-order valence-corrected chi connectivity index (χ2v) is 7.49. The van der Waals surface area contributed by atoms with E-state index in [0.29, 0.717) is 17.2 Å². The normalized spacial score (nSPS) is 10.5. The number of benzene rings is 2. The van der Waals surface area contributed by atoms with Gasteiger partial charge < -0.3 is 5.32 Å². The molecule has 10 heteroatoms. The van der Waals surface area contributed by atoms with Gasteiger partial charge in [0.1, 0.15) is 24.0 Å². The van der Waals surface area contributed by atoms with Gasteiger partial charge >= 0.3 is 0 Å². The maximum Gasteiger partial charge on any atom is 0.287 e. The third-order valence-electron chi connectivity index (χ3n) is 5.04. The third kappa shape index (κ3) is 4.58. The average Bonchev–Trinajstić information content (AvgIpc) is 3.24. The number of amides is 1. The summed E-state index contributed by atoms with van der Waals surface area (Å²) < 4.78 is 2.40. The highest BCUT2D eigenvalue weighted by molar-refractivity contribution is 5.90. The summed E-state index contributed by atoms with van der Waals surface area (Å²) in [5.41, 5.74) is 1.61. The fourth-order valence-electron chi connectivity index (χ4n) is 3.36. The molecule has 0 aliphatic rings. The molecule has 34 heavy (non-hydrogen) atoms. The van der Waals surface area contributed by atoms with Crippen LogP contribution in [0.3, 0.4) is 0 Å². The monoisotopic (exact) mass is 454 g/mol. The molecule has 2 aromatic carbocycles. The molecule has 4 rings (SSSR count). The number of nitrogens with zero attached hydrogens (tertiary/aromatic N) is 5. The van der Waals surface area contributed by atoms with Crippen LogP contribution < -0.4 is 10.9 Å². The van der Waals surface area contributed by atoms with E-state index in [0.717, 1.165) is 28.0 Å². The number of hydrogen-bond donors (Lipinski definition) is 1. The molecule has 10 nitrogen and oxygen atoms in total. The second-order valence-electron chi connectivity index (χ2n) is 7.49. The molecule has 0 aliphatic carbocycles. The maximum absolute atomic E-state index is 12.8. The Morgan fingerprint density at radius 3 is 2.50 bits per heavy atom. The average molecular weight is 454 g/mol. The van der Waals surface area contributed by atoms with Crippen LogP contribution in [0.15, 0.2) is 77.7 Å². The minimum Gasteiger partial charge on any atom is -0.309 e. The zero-order valence-electron chi connectivity index (χ0n) is 18.0. The highest BCUT2D eigenvalue weighted by atomic mass is 16.6. The summed E-state index contributed by atoms with van der Waals surface area (Å²) >= 11 is 0. The van der Waals surface area contributed by atoms with Crippen molar-refractivity contribution >= 4 is 17.4 Å². The molecule has 0 saturated heterocycles. The molecule has 0 aliphatic heterocycles. The quantitative estimate of drug-likeness (QED) is 0.350. The Morgan fingerprint density at radius 2 is 1.85 bits per heavy atom. The smallest absolute Gasteiger partial charge is 0.287 e. The predicted molar refractivity (Wildman–Crippen MR) is 124 cm³/mol. The Kier molecular flexibility index (Phi) is 6.01. The fourth-order valence-corrected chi connectivity index (χ4v) is 3.36. The van der Waals surface area contributed by atoms with E-state index in [2.05, 4.69) is 10.4 Å². The Hall–Kier alpha value is -5.04. The summed E-state index contributed by atoms with van der Waals surface area (Å²) in [5.74, 6) is -0.259. The zero-order chi connectivity index (χ0) is 24.2. The minimum absolute atomic E-state index is 0.353. The van der Waals surface area contributed by atoms with Gasteiger partial charge in [0.05, 0.1) is 22.5 Å². The number of nitriles is 1. The van der Waals surface area contributed by atoms with Gasteiger partial charge in [0.25, 0.3) is 11.2 Å². The lowest BCUT2D eigenvalue weighted by atomic mass is 10.1. The largest absolute Gasteiger partial charge is 0.309 e. The SMILES string of the molecule is Cc1ccc(-c2cc(NC(=O)Cn3cc([N+](=O)[O-])cc(C#N)c3=O)n(-c3ccccc3)n2)cc1. The molecular weight excluding hydrogens is 436 g/mol. The van der Waals surface area contributed by atoms with Crippen LogP contribution in [0.25, 0.3) is 16.9 Å². The Balaban J connectivity index is 1.68. The van der Waals surface area contributed by atoms with Gasteiger partial charge in [-0.1, -0.05) is 48.0 Å². The molecule has 4 aromatic rings. The zero-order valence-corrected chi connectivity index (χ0v) is 18.0. The van der Waals surface area contributed by atoms with Crippen molar-refractivity contribution in [2.75, 3.05) is 5.32 Å². The van der Waals surface area contributed by atoms with Crippen molar-refractivity contribution in [2.45, 2.75) is 13.5 Å². The highest BCUT2D eigenvalue weighted by Crippen LogP contribution is 2.25. The van der Waals surface area contributed by atoms with Crippen molar-refractivity contribution < 1.29 is 9.72 Å². The summed E-state index contributed by atoms with van der Waals surface area (Å²) in [7, 11) is 0. The molecule has 0 fully saturated rings. The predicted octanol–water partition coefficient (Wildman–Crippen LogP) is 3.43. The molecule has 1 amide bonds. The molecule has 0 bridgehead atoms. The van der Waals surface area contributed by atoms with Crippen molar-refractivity contribution in [1.82, 2.24) is 14.3 Å². The summed E-state index contributed by atoms with van der Waals surface area (Å²) in [6, 6.07) is 21.1. The number of aryl methyl sites for hydroxylation is 1. The van der Waals surface area contributed by atoms with E-state index in [-0.39, 0.29) is 0 Å². The fraction of sp³-hybridized carbons (Fsp3) is 0.0833. The Labute approximate surface area is 193 Å². The molecule has 168 valence electrons. The van der Waals surface area contributed by atoms with Crippen LogP contribution in [-0.2, 0) is 11.3 Å². The number of nitro groups is 1. The molecule has 0 radical (unpaired) electrons. The van der Waals surface area contributed by atoms with Crippen LogP contribution in [0, 0.1) is 28.4 Å². The lowest BCUT2D eigenvalue weighted by Crippen LogP contribution is -2.29. The number of carbonyl (C=O) groups is 1. The second kappa shape index (κ2) is 9.22. The lowest BCUT2D eigenvalue weighted by Gasteiger charge is -2.10. The third-order valence-corrected chi connectivity index (χ3v) is 5.04. The summed E-state index contributed by atoms with van der Waals surface area (Å²) in [6.07, 6.45) is 0.939. The first-order valence-electron chi connectivity index (χ1n) is 10.2. The van der Waals surface area contributed by atoms with Crippen molar-refractivity contribution in [3.63, 3.8) is 0 Å². The van der Waals surface area contributed by atoms with Gasteiger partial charge in [-0.15, -0.1) is 0 Å². The van der Waals surface area contributed by atoms with Crippen LogP contribution >= 0.6 is 0 Å². The van der Waals surface area contributed by atoms with Crippen molar-refractivity contribution in [1.29, 1.82) is 5.26 Å². The van der Waals surface area contributed by atoms with Gasteiger partial charge in [-0.05, 0) is 19.1 Å². The topological polar surface area (TPSA) is 136 Å². The first-order chi connectivity index (χ1) is 16.4. The van der Waals surface area contributed by atoms with E-state index in [4.69, 9.17) is 5.26 Å². The number of anilines is 1. The van der Waals surface area contributed by atoms with E-state index >= 15 is 0 Å². The Bertz CT molecular complexity index is 1480. The standard InChI is InChI=1S/C24H18N6O4/c1-16-7-9-17(10-8-16)21-12-22(29(27-21)19-5-3-2-4-6-19)26-23(31)15-28-14-20(30(33)34)11-18(13-25)24(28)32/h2-12,14H,15H2,1H3,(H,26,31). The Morgan fingerprint density at radius 1 is 1.15 bits per heavy atom. The van der Waals surface area contributed by atoms with E-state index in [9.17, 15) is 19.7 Å². The van der Waals surface area contributed by atoms with Crippen LogP contribution in [0.4, 0.5) is 11.5 Å². The van der Waals surface area contributed by atoms with Gasteiger partial charge in [0.2, 0.25) is 5.91 Å². The molecule has 0 saturated carbocycles. The molecule has 2 heterocycles. The number of carbonyl (C=O) groups excluding carboxylic acids is 1. The number of aromatic nitrogens is 3. The van der Waals surface area contributed by atoms with Crippen LogP contribution in [0.2, 0.25) is 0 Å². The molecule has 2 aromatic heterocycles. The maximum atomic E-state index is 12.8. The van der Waals surface area contributed by atoms with Crippen LogP contribution in [-0.4, -0.2) is 25.2 Å². The lowest BCUT2D eigenvalue weighted by molar-refractivity contribution is -0.385. The number of para-hydroxylation sites is 1. The first-order valence-corrected chi connectivity index (χ1v) is 10.2. The highest BCUT2D eigenvalue weighted by Gasteiger charge is 2.18. The summed E-state index contributed by atoms with van der Waals surface area (Å²) in [5, 5.41) is 27.6. The van der Waals surface area contributed by atoms with E-state index in [1.807, 2.05) is 61.5 Å². The molecular formula is C24H18N6O4. The minimum atomic E-state index is -0.792. The van der Waals surface area contributed by atoms with Gasteiger partial charge in [0.15, 0.2) is 0 Å². The summed E-state index contributed by atoms with van der Waals surface area (Å²) in [6.45, 7) is 1.46. The van der Waals surface area contributed by atoms with Gasteiger partial charge in [-0.3, -0.25) is 24.3 Å². The van der Waals surface area contributed by atoms with Crippen LogP contribution in [0.1, 0.15) is 11.1 Å². The summed E-state index contributed by atoms with van der Waals surface area (Å²) in [4.78, 5) is 35.6. The molecule has 0 spiro atoms. The van der Waals surface area contributed by atoms with E-state index in [1.165, 1.54) is 0 Å². The molecule has 1 N–H and O–H groups in total. The van der Waals surface area contributed by atoms with Gasteiger partial charge in [-0.25, -0.2) is 4.68 Å². The number of hydrogen-bond acceptors (Lipinski definition) is 6. The van der Waals surface area contributed by atoms with Gasteiger partial charge in [0, 0.05) is 17.7 Å². The first kappa shape index (κ1) is 22.2. The van der Waals surface area contributed by atoms with Crippen molar-refractivity contribution in [3.8, 4) is 23.0 Å². The number of rotatable bonds is 6. The van der Waals surface area contributed by atoms with E-state index < -0.39 is 34.2 Å². The molecule has 0 atom stereocenters. The van der Waals surface area contributed by atoms with Crippen LogP contribution in [0.5, 0.6) is 0 Å². The van der Waals surface area contributed by atoms with Gasteiger partial charge in [-0.2, -0.15) is 10.4 Å². The van der Waals surface area contributed by atoms with E-state index in [1.54, 1.807) is 16.8 Å².